The number of hydrogen-bond acceptors (Lipinski definition) is 5. The minimum atomic E-state index is -0.833. The van der Waals surface area contributed by atoms with Crippen LogP contribution in [0.15, 0.2) is 103 Å². The molecule has 7 nitrogen and oxygen atoms in total. The van der Waals surface area contributed by atoms with E-state index in [9.17, 15) is 14.4 Å². The molecule has 0 atom stereocenters. The monoisotopic (exact) mass is 552 g/mol. The van der Waals surface area contributed by atoms with Crippen molar-refractivity contribution in [3.63, 3.8) is 0 Å². The fraction of sp³-hybridized carbons (Fsp3) is 0.0938. The number of ether oxygens (including phenoxy) is 2. The number of nitrogens with one attached hydrogen (secondary N) is 1. The van der Waals surface area contributed by atoms with Gasteiger partial charge in [-0.15, -0.1) is 0 Å². The van der Waals surface area contributed by atoms with Gasteiger partial charge in [0.1, 0.15) is 30.3 Å². The number of hydrogen-bond donors (Lipinski definition) is 1. The summed E-state index contributed by atoms with van der Waals surface area (Å²) in [5.74, 6) is -0.493. The molecular formula is C32H25ClN2O5. The van der Waals surface area contributed by atoms with Gasteiger partial charge in [0, 0.05) is 16.1 Å². The Morgan fingerprint density at radius 1 is 0.825 bits per heavy atom. The van der Waals surface area contributed by atoms with Gasteiger partial charge in [-0.3, -0.25) is 14.9 Å². The second kappa shape index (κ2) is 11.9. The fourth-order valence-electron chi connectivity index (χ4n) is 4.21. The SMILES string of the molecule is Cc1cccc(COc2ccccc2/C=C2\C(=O)NC(=O)N(c3ccc(OCc4ccccc4Cl)cc3)C2=O)c1. The van der Waals surface area contributed by atoms with E-state index in [1.54, 1.807) is 48.5 Å². The van der Waals surface area contributed by atoms with Crippen LogP contribution in [-0.4, -0.2) is 17.8 Å². The average molecular weight is 553 g/mol. The van der Waals surface area contributed by atoms with Crippen molar-refractivity contribution >= 4 is 41.2 Å². The number of amides is 4. The molecule has 4 aromatic rings. The summed E-state index contributed by atoms with van der Waals surface area (Å²) in [6.45, 7) is 2.58. The lowest BCUT2D eigenvalue weighted by Crippen LogP contribution is -2.54. The van der Waals surface area contributed by atoms with Crippen LogP contribution in [0.5, 0.6) is 11.5 Å². The molecule has 200 valence electrons. The first-order valence-corrected chi connectivity index (χ1v) is 12.9. The molecule has 0 spiro atoms. The Labute approximate surface area is 236 Å². The van der Waals surface area contributed by atoms with Gasteiger partial charge >= 0.3 is 6.03 Å². The number of halogens is 1. The zero-order chi connectivity index (χ0) is 28.1. The van der Waals surface area contributed by atoms with E-state index in [2.05, 4.69) is 5.32 Å². The highest BCUT2D eigenvalue weighted by atomic mass is 35.5. The third kappa shape index (κ3) is 6.06. The summed E-state index contributed by atoms with van der Waals surface area (Å²) < 4.78 is 11.8. The molecule has 1 N–H and O–H groups in total. The molecule has 0 unspecified atom stereocenters. The van der Waals surface area contributed by atoms with Crippen LogP contribution < -0.4 is 19.7 Å². The van der Waals surface area contributed by atoms with Crippen LogP contribution in [0.4, 0.5) is 10.5 Å². The van der Waals surface area contributed by atoms with Crippen molar-refractivity contribution in [2.75, 3.05) is 4.90 Å². The number of rotatable bonds is 8. The number of nitrogens with zero attached hydrogens (tertiary/aromatic N) is 1. The molecular weight excluding hydrogens is 528 g/mol. The van der Waals surface area contributed by atoms with Gasteiger partial charge in [0.05, 0.1) is 5.69 Å². The van der Waals surface area contributed by atoms with Gasteiger partial charge in [-0.05, 0) is 55.0 Å². The molecule has 40 heavy (non-hydrogen) atoms. The van der Waals surface area contributed by atoms with Crippen LogP contribution in [0.25, 0.3) is 6.08 Å². The topological polar surface area (TPSA) is 84.9 Å². The number of imide groups is 2. The average Bonchev–Trinajstić information content (AvgIpc) is 2.95. The molecule has 1 heterocycles. The van der Waals surface area contributed by atoms with Gasteiger partial charge in [-0.2, -0.15) is 0 Å². The molecule has 1 aliphatic rings. The minimum absolute atomic E-state index is 0.190. The fourth-order valence-corrected chi connectivity index (χ4v) is 4.40. The Morgan fingerprint density at radius 3 is 2.35 bits per heavy atom. The second-order valence-corrected chi connectivity index (χ2v) is 9.55. The van der Waals surface area contributed by atoms with E-state index >= 15 is 0 Å². The maximum atomic E-state index is 13.4. The van der Waals surface area contributed by atoms with Crippen molar-refractivity contribution in [1.82, 2.24) is 5.32 Å². The summed E-state index contributed by atoms with van der Waals surface area (Å²) in [6.07, 6.45) is 1.43. The van der Waals surface area contributed by atoms with E-state index in [1.165, 1.54) is 6.08 Å². The van der Waals surface area contributed by atoms with Crippen molar-refractivity contribution in [3.8, 4) is 11.5 Å². The predicted molar refractivity (Wildman–Crippen MR) is 153 cm³/mol. The highest BCUT2D eigenvalue weighted by Crippen LogP contribution is 2.28. The summed E-state index contributed by atoms with van der Waals surface area (Å²) >= 11 is 6.18. The maximum Gasteiger partial charge on any atom is 0.335 e. The van der Waals surface area contributed by atoms with Crippen LogP contribution >= 0.6 is 11.6 Å². The van der Waals surface area contributed by atoms with Crippen molar-refractivity contribution < 1.29 is 23.9 Å². The second-order valence-electron chi connectivity index (χ2n) is 9.15. The highest BCUT2D eigenvalue weighted by molar-refractivity contribution is 6.39. The van der Waals surface area contributed by atoms with E-state index in [0.717, 1.165) is 21.6 Å². The lowest BCUT2D eigenvalue weighted by Gasteiger charge is -2.26. The van der Waals surface area contributed by atoms with Gasteiger partial charge in [0.15, 0.2) is 0 Å². The van der Waals surface area contributed by atoms with E-state index in [0.29, 0.717) is 28.7 Å². The largest absolute Gasteiger partial charge is 0.489 e. The number of benzene rings is 4. The van der Waals surface area contributed by atoms with Crippen molar-refractivity contribution in [1.29, 1.82) is 0 Å². The van der Waals surface area contributed by atoms with Crippen LogP contribution in [0.3, 0.4) is 0 Å². The number of anilines is 1. The Hall–Kier alpha value is -4.88. The van der Waals surface area contributed by atoms with Crippen molar-refractivity contribution in [3.05, 3.63) is 130 Å². The molecule has 4 aromatic carbocycles. The van der Waals surface area contributed by atoms with Crippen LogP contribution in [0.2, 0.25) is 5.02 Å². The number of urea groups is 1. The molecule has 0 aliphatic carbocycles. The first-order valence-electron chi connectivity index (χ1n) is 12.5. The highest BCUT2D eigenvalue weighted by Gasteiger charge is 2.37. The van der Waals surface area contributed by atoms with Crippen LogP contribution in [0.1, 0.15) is 22.3 Å². The Balaban J connectivity index is 1.34. The number of aryl methyl sites for hydroxylation is 1. The quantitative estimate of drug-likeness (QED) is 0.200. The van der Waals surface area contributed by atoms with Gasteiger partial charge in [0.25, 0.3) is 11.8 Å². The molecule has 0 saturated carbocycles. The van der Waals surface area contributed by atoms with Gasteiger partial charge in [0.2, 0.25) is 0 Å². The zero-order valence-corrected chi connectivity index (χ0v) is 22.4. The standard InChI is InChI=1S/C32H25ClN2O5/c1-21-7-6-8-22(17-21)19-40-29-12-5-3-9-23(29)18-27-30(36)34-32(38)35(31(27)37)25-13-15-26(16-14-25)39-20-24-10-2-4-11-28(24)33/h2-18H,19-20H2,1H3,(H,34,36,38)/b27-18+. The predicted octanol–water partition coefficient (Wildman–Crippen LogP) is 6.47. The Kier molecular flexibility index (Phi) is 7.94. The van der Waals surface area contributed by atoms with E-state index in [1.807, 2.05) is 55.5 Å². The van der Waals surface area contributed by atoms with Crippen molar-refractivity contribution in [2.45, 2.75) is 20.1 Å². The summed E-state index contributed by atoms with van der Waals surface area (Å²) in [4.78, 5) is 39.7. The van der Waals surface area contributed by atoms with Gasteiger partial charge < -0.3 is 9.47 Å². The first-order chi connectivity index (χ1) is 19.4. The van der Waals surface area contributed by atoms with E-state index in [-0.39, 0.29) is 17.9 Å². The van der Waals surface area contributed by atoms with E-state index < -0.39 is 17.8 Å². The number of carbonyl (C=O) groups excluding carboxylic acids is 3. The lowest BCUT2D eigenvalue weighted by molar-refractivity contribution is -0.122. The minimum Gasteiger partial charge on any atom is -0.489 e. The van der Waals surface area contributed by atoms with Crippen molar-refractivity contribution in [2.24, 2.45) is 0 Å². The molecule has 8 heteroatoms. The molecule has 4 amide bonds. The Bertz CT molecular complexity index is 1610. The lowest BCUT2D eigenvalue weighted by atomic mass is 10.1. The smallest absolute Gasteiger partial charge is 0.335 e. The number of para-hydroxylation sites is 1. The molecule has 0 radical (unpaired) electrons. The summed E-state index contributed by atoms with van der Waals surface area (Å²) in [6, 6.07) is 28.0. The maximum absolute atomic E-state index is 13.4. The molecule has 1 aliphatic heterocycles. The summed E-state index contributed by atoms with van der Waals surface area (Å²) in [5, 5.41) is 2.85. The molecule has 0 aromatic heterocycles. The molecule has 5 rings (SSSR count). The number of barbiturate groups is 1. The van der Waals surface area contributed by atoms with Crippen LogP contribution in [-0.2, 0) is 22.8 Å². The third-order valence-corrected chi connectivity index (χ3v) is 6.61. The molecule has 1 fully saturated rings. The summed E-state index contributed by atoms with van der Waals surface area (Å²) in [5.41, 5.74) is 3.57. The van der Waals surface area contributed by atoms with Gasteiger partial charge in [-0.1, -0.05) is 77.8 Å². The van der Waals surface area contributed by atoms with Crippen LogP contribution in [0, 0.1) is 6.92 Å². The first kappa shape index (κ1) is 26.7. The normalized spacial score (nSPS) is 14.3. The molecule has 0 bridgehead atoms. The summed E-state index contributed by atoms with van der Waals surface area (Å²) in [7, 11) is 0. The third-order valence-electron chi connectivity index (χ3n) is 6.24. The van der Waals surface area contributed by atoms with Gasteiger partial charge in [-0.25, -0.2) is 9.69 Å². The zero-order valence-electron chi connectivity index (χ0n) is 21.6. The Morgan fingerprint density at radius 2 is 1.57 bits per heavy atom. The van der Waals surface area contributed by atoms with E-state index in [4.69, 9.17) is 21.1 Å². The molecule has 1 saturated heterocycles. The number of carbonyl (C=O) groups is 3.